The van der Waals surface area contributed by atoms with Crippen molar-refractivity contribution in [2.75, 3.05) is 6.54 Å². The molecule has 1 aromatic rings. The molecule has 0 aliphatic rings. The minimum absolute atomic E-state index is 0.00643. The molecule has 1 aromatic carbocycles. The molecule has 0 radical (unpaired) electrons. The Morgan fingerprint density at radius 2 is 2.11 bits per heavy atom. The Bertz CT molecular complexity index is 435. The zero-order valence-electron chi connectivity index (χ0n) is 11.6. The van der Waals surface area contributed by atoms with E-state index in [9.17, 15) is 14.5 Å². The number of likely N-dealkylation sites (N-methyl/N-ethyl adjacent to an activating group) is 1. The molecule has 0 bridgehead atoms. The van der Waals surface area contributed by atoms with Gasteiger partial charge in [-0.05, 0) is 37.4 Å². The number of hydrogen-bond acceptors (Lipinski definition) is 3. The van der Waals surface area contributed by atoms with Crippen molar-refractivity contribution < 1.29 is 9.31 Å². The summed E-state index contributed by atoms with van der Waals surface area (Å²) in [6, 6.07) is 3.77. The van der Waals surface area contributed by atoms with E-state index in [1.807, 2.05) is 6.92 Å². The largest absolute Gasteiger partial charge is 0.314 e. The summed E-state index contributed by atoms with van der Waals surface area (Å²) in [5, 5.41) is 14.3. The van der Waals surface area contributed by atoms with E-state index < -0.39 is 10.7 Å². The number of nitrogens with one attached hydrogen (secondary N) is 1. The summed E-state index contributed by atoms with van der Waals surface area (Å²) in [4.78, 5) is 10.5. The molecule has 0 heterocycles. The van der Waals surface area contributed by atoms with Crippen molar-refractivity contribution in [3.63, 3.8) is 0 Å². The molecule has 1 N–H and O–H groups in total. The SMILES string of the molecule is CCNC(Cc1cc(F)ccc1[N+](=O)[O-])CC(C)C. The van der Waals surface area contributed by atoms with Gasteiger partial charge in [-0.15, -0.1) is 0 Å². The van der Waals surface area contributed by atoms with Gasteiger partial charge < -0.3 is 5.32 Å². The molecule has 19 heavy (non-hydrogen) atoms. The minimum atomic E-state index is -0.451. The van der Waals surface area contributed by atoms with Crippen LogP contribution in [0.3, 0.4) is 0 Å². The van der Waals surface area contributed by atoms with Crippen LogP contribution in [0.25, 0.3) is 0 Å². The van der Waals surface area contributed by atoms with Gasteiger partial charge in [0.2, 0.25) is 0 Å². The van der Waals surface area contributed by atoms with Gasteiger partial charge in [0, 0.05) is 17.7 Å². The fraction of sp³-hybridized carbons (Fsp3) is 0.571. The van der Waals surface area contributed by atoms with Crippen LogP contribution in [0.5, 0.6) is 0 Å². The van der Waals surface area contributed by atoms with Crippen LogP contribution in [0.1, 0.15) is 32.8 Å². The van der Waals surface area contributed by atoms with Crippen molar-refractivity contribution in [3.05, 3.63) is 39.7 Å². The van der Waals surface area contributed by atoms with Crippen LogP contribution in [0.4, 0.5) is 10.1 Å². The fourth-order valence-electron chi connectivity index (χ4n) is 2.26. The third kappa shape index (κ3) is 4.95. The van der Waals surface area contributed by atoms with Crippen LogP contribution in [0.15, 0.2) is 18.2 Å². The van der Waals surface area contributed by atoms with E-state index in [0.717, 1.165) is 19.0 Å². The first-order valence-electron chi connectivity index (χ1n) is 6.60. The van der Waals surface area contributed by atoms with E-state index in [2.05, 4.69) is 19.2 Å². The molecular formula is C14H21FN2O2. The Balaban J connectivity index is 2.93. The lowest BCUT2D eigenvalue weighted by Crippen LogP contribution is -2.32. The van der Waals surface area contributed by atoms with Gasteiger partial charge in [-0.3, -0.25) is 10.1 Å². The molecule has 1 rings (SSSR count). The summed E-state index contributed by atoms with van der Waals surface area (Å²) in [5.74, 6) is 0.0528. The highest BCUT2D eigenvalue weighted by Gasteiger charge is 2.19. The highest BCUT2D eigenvalue weighted by atomic mass is 19.1. The predicted molar refractivity (Wildman–Crippen MR) is 73.7 cm³/mol. The zero-order valence-corrected chi connectivity index (χ0v) is 11.6. The number of halogens is 1. The smallest absolute Gasteiger partial charge is 0.272 e. The number of nitrogens with zero attached hydrogens (tertiary/aromatic N) is 1. The van der Waals surface area contributed by atoms with Crippen molar-refractivity contribution in [1.29, 1.82) is 0 Å². The third-order valence-electron chi connectivity index (χ3n) is 2.95. The molecular weight excluding hydrogens is 247 g/mol. The Hall–Kier alpha value is -1.49. The van der Waals surface area contributed by atoms with E-state index in [1.54, 1.807) is 0 Å². The summed E-state index contributed by atoms with van der Waals surface area (Å²) in [5.41, 5.74) is 0.449. The van der Waals surface area contributed by atoms with Gasteiger partial charge >= 0.3 is 0 Å². The first-order chi connectivity index (χ1) is 8.93. The lowest BCUT2D eigenvalue weighted by Gasteiger charge is -2.20. The highest BCUT2D eigenvalue weighted by Crippen LogP contribution is 2.22. The molecule has 0 spiro atoms. The first-order valence-corrected chi connectivity index (χ1v) is 6.60. The first kappa shape index (κ1) is 15.6. The average Bonchev–Trinajstić information content (AvgIpc) is 2.27. The summed E-state index contributed by atoms with van der Waals surface area (Å²) in [6.07, 6.45) is 1.38. The monoisotopic (exact) mass is 268 g/mol. The van der Waals surface area contributed by atoms with Crippen molar-refractivity contribution in [2.24, 2.45) is 5.92 Å². The Morgan fingerprint density at radius 1 is 1.42 bits per heavy atom. The van der Waals surface area contributed by atoms with Crippen molar-refractivity contribution in [2.45, 2.75) is 39.7 Å². The molecule has 0 saturated carbocycles. The van der Waals surface area contributed by atoms with Crippen molar-refractivity contribution in [1.82, 2.24) is 5.32 Å². The van der Waals surface area contributed by atoms with Gasteiger partial charge in [-0.2, -0.15) is 0 Å². The van der Waals surface area contributed by atoms with E-state index in [0.29, 0.717) is 17.9 Å². The van der Waals surface area contributed by atoms with E-state index in [-0.39, 0.29) is 11.7 Å². The number of benzene rings is 1. The second kappa shape index (κ2) is 7.19. The minimum Gasteiger partial charge on any atom is -0.314 e. The Labute approximate surface area is 113 Å². The molecule has 0 saturated heterocycles. The topological polar surface area (TPSA) is 55.2 Å². The molecule has 0 amide bonds. The summed E-state index contributed by atoms with van der Waals surface area (Å²) in [7, 11) is 0. The number of nitro groups is 1. The Morgan fingerprint density at radius 3 is 2.63 bits per heavy atom. The molecule has 0 fully saturated rings. The predicted octanol–water partition coefficient (Wildman–Crippen LogP) is 3.30. The number of rotatable bonds is 7. The van der Waals surface area contributed by atoms with Crippen LogP contribution < -0.4 is 5.32 Å². The van der Waals surface area contributed by atoms with Gasteiger partial charge in [0.1, 0.15) is 5.82 Å². The molecule has 106 valence electrons. The van der Waals surface area contributed by atoms with Gasteiger partial charge in [0.15, 0.2) is 0 Å². The molecule has 1 unspecified atom stereocenters. The Kier molecular flexibility index (Phi) is 5.89. The maximum atomic E-state index is 13.3. The molecule has 5 heteroatoms. The summed E-state index contributed by atoms with van der Waals surface area (Å²) < 4.78 is 13.3. The zero-order chi connectivity index (χ0) is 14.4. The van der Waals surface area contributed by atoms with Gasteiger partial charge in [-0.1, -0.05) is 20.8 Å². The lowest BCUT2D eigenvalue weighted by atomic mass is 9.96. The maximum absolute atomic E-state index is 13.3. The third-order valence-corrected chi connectivity index (χ3v) is 2.95. The second-order valence-corrected chi connectivity index (χ2v) is 5.12. The second-order valence-electron chi connectivity index (χ2n) is 5.12. The van der Waals surface area contributed by atoms with E-state index in [1.165, 1.54) is 12.1 Å². The number of nitro benzene ring substituents is 1. The average molecular weight is 268 g/mol. The van der Waals surface area contributed by atoms with E-state index >= 15 is 0 Å². The van der Waals surface area contributed by atoms with Gasteiger partial charge in [0.05, 0.1) is 4.92 Å². The van der Waals surface area contributed by atoms with Crippen LogP contribution in [-0.2, 0) is 6.42 Å². The summed E-state index contributed by atoms with van der Waals surface area (Å²) in [6.45, 7) is 6.99. The highest BCUT2D eigenvalue weighted by molar-refractivity contribution is 5.40. The van der Waals surface area contributed by atoms with Crippen molar-refractivity contribution in [3.8, 4) is 0 Å². The van der Waals surface area contributed by atoms with Gasteiger partial charge in [0.25, 0.3) is 5.69 Å². The molecule has 0 aromatic heterocycles. The molecule has 1 atom stereocenters. The van der Waals surface area contributed by atoms with Crippen molar-refractivity contribution >= 4 is 5.69 Å². The summed E-state index contributed by atoms with van der Waals surface area (Å²) >= 11 is 0. The quantitative estimate of drug-likeness (QED) is 0.609. The van der Waals surface area contributed by atoms with E-state index in [4.69, 9.17) is 0 Å². The molecule has 0 aliphatic heterocycles. The van der Waals surface area contributed by atoms with Crippen LogP contribution in [-0.4, -0.2) is 17.5 Å². The normalized spacial score (nSPS) is 12.7. The lowest BCUT2D eigenvalue weighted by molar-refractivity contribution is -0.385. The fourth-order valence-corrected chi connectivity index (χ4v) is 2.26. The van der Waals surface area contributed by atoms with Gasteiger partial charge in [-0.25, -0.2) is 4.39 Å². The number of hydrogen-bond donors (Lipinski definition) is 1. The molecule has 0 aliphatic carbocycles. The van der Waals surface area contributed by atoms with Crippen LogP contribution >= 0.6 is 0 Å². The molecule has 4 nitrogen and oxygen atoms in total. The van der Waals surface area contributed by atoms with Crippen LogP contribution in [0, 0.1) is 21.8 Å². The maximum Gasteiger partial charge on any atom is 0.272 e. The van der Waals surface area contributed by atoms with Crippen LogP contribution in [0.2, 0.25) is 0 Å². The standard InChI is InChI=1S/C14H21FN2O2/c1-4-16-13(7-10(2)3)9-11-8-12(15)5-6-14(11)17(18)19/h5-6,8,10,13,16H,4,7,9H2,1-3H3.